The zero-order chi connectivity index (χ0) is 28.8. The second kappa shape index (κ2) is 10.6. The predicted octanol–water partition coefficient (Wildman–Crippen LogP) is 5.20. The van der Waals surface area contributed by atoms with Crippen molar-refractivity contribution in [1.82, 2.24) is 9.88 Å². The molecule has 3 aromatic carbocycles. The number of para-hydroxylation sites is 1. The van der Waals surface area contributed by atoms with Gasteiger partial charge in [-0.1, -0.05) is 41.4 Å². The summed E-state index contributed by atoms with van der Waals surface area (Å²) in [5.74, 6) is -0.152. The molecule has 0 saturated carbocycles. The number of rotatable bonds is 6. The number of halogens is 2. The fraction of sp³-hybridized carbons (Fsp3) is 0.200. The van der Waals surface area contributed by atoms with Crippen LogP contribution in [0.5, 0.6) is 5.75 Å². The van der Waals surface area contributed by atoms with Gasteiger partial charge in [-0.2, -0.15) is 0 Å². The van der Waals surface area contributed by atoms with Gasteiger partial charge in [0.25, 0.3) is 15.9 Å². The van der Waals surface area contributed by atoms with Gasteiger partial charge in [-0.15, -0.1) is 0 Å². The second-order valence-corrected chi connectivity index (χ2v) is 12.4. The van der Waals surface area contributed by atoms with Crippen LogP contribution in [-0.2, 0) is 20.4 Å². The quantitative estimate of drug-likeness (QED) is 0.297. The highest BCUT2D eigenvalue weighted by Gasteiger charge is 2.60. The van der Waals surface area contributed by atoms with Crippen LogP contribution in [0.4, 0.5) is 11.4 Å². The lowest BCUT2D eigenvalue weighted by atomic mass is 9.81. The standard InChI is InChI=1S/C30H26Cl2N4O4S/c1-40-28-5-3-2-4-25(28)30(35-18-16-34(17-19-35)23-12-14-33-15-13-23)26-20-22(32)8-11-27(26)36(29(30)37)41(38,39)24-9-6-21(31)7-10-24/h2-15,20H,16-19H2,1H3. The van der Waals surface area contributed by atoms with Crippen LogP contribution in [0.1, 0.15) is 11.1 Å². The molecule has 2 aliphatic rings. The number of amides is 1. The number of carbonyl (C=O) groups excluding carboxylic acids is 1. The highest BCUT2D eigenvalue weighted by molar-refractivity contribution is 7.93. The number of anilines is 2. The van der Waals surface area contributed by atoms with Crippen LogP contribution in [0.15, 0.2) is 96.2 Å². The fourth-order valence-electron chi connectivity index (χ4n) is 5.83. The monoisotopic (exact) mass is 608 g/mol. The number of aromatic nitrogens is 1. The molecule has 1 atom stereocenters. The maximum absolute atomic E-state index is 15.0. The van der Waals surface area contributed by atoms with E-state index in [1.807, 2.05) is 35.2 Å². The van der Waals surface area contributed by atoms with Crippen LogP contribution in [0.25, 0.3) is 0 Å². The van der Waals surface area contributed by atoms with Gasteiger partial charge in [-0.3, -0.25) is 14.7 Å². The Bertz CT molecular complexity index is 1710. The number of hydrogen-bond acceptors (Lipinski definition) is 7. The van der Waals surface area contributed by atoms with Crippen LogP contribution >= 0.6 is 23.2 Å². The number of hydrogen-bond donors (Lipinski definition) is 0. The van der Waals surface area contributed by atoms with E-state index < -0.39 is 21.5 Å². The van der Waals surface area contributed by atoms with E-state index >= 15 is 0 Å². The summed E-state index contributed by atoms with van der Waals surface area (Å²) < 4.78 is 35.0. The maximum atomic E-state index is 15.0. The lowest BCUT2D eigenvalue weighted by molar-refractivity contribution is -0.127. The molecule has 2 aliphatic heterocycles. The number of sulfonamides is 1. The summed E-state index contributed by atoms with van der Waals surface area (Å²) >= 11 is 12.6. The van der Waals surface area contributed by atoms with Crippen molar-refractivity contribution in [2.45, 2.75) is 10.4 Å². The third kappa shape index (κ3) is 4.44. The summed E-state index contributed by atoms with van der Waals surface area (Å²) in [5.41, 5.74) is 0.781. The Balaban J connectivity index is 1.55. The van der Waals surface area contributed by atoms with Gasteiger partial charge in [0.2, 0.25) is 0 Å². The molecular formula is C30H26Cl2N4O4S. The molecule has 1 amide bonds. The SMILES string of the molecule is COc1ccccc1C1(N2CCN(c3ccncc3)CC2)C(=O)N(S(=O)(=O)c2ccc(Cl)cc2)c2ccc(Cl)cc21. The van der Waals surface area contributed by atoms with Crippen molar-refractivity contribution >= 4 is 50.5 Å². The smallest absolute Gasteiger partial charge is 0.271 e. The summed E-state index contributed by atoms with van der Waals surface area (Å²) in [4.78, 5) is 23.3. The Morgan fingerprint density at radius 2 is 1.49 bits per heavy atom. The second-order valence-electron chi connectivity index (χ2n) is 9.78. The zero-order valence-electron chi connectivity index (χ0n) is 22.1. The number of benzene rings is 3. The molecule has 1 saturated heterocycles. The molecule has 0 radical (unpaired) electrons. The molecule has 6 rings (SSSR count). The largest absolute Gasteiger partial charge is 0.496 e. The zero-order valence-corrected chi connectivity index (χ0v) is 24.4. The Kier molecular flexibility index (Phi) is 7.15. The Morgan fingerprint density at radius 1 is 0.829 bits per heavy atom. The molecule has 1 aromatic heterocycles. The van der Waals surface area contributed by atoms with Gasteiger partial charge in [-0.05, 0) is 60.7 Å². The third-order valence-corrected chi connectivity index (χ3v) is 9.89. The van der Waals surface area contributed by atoms with Gasteiger partial charge >= 0.3 is 0 Å². The van der Waals surface area contributed by atoms with Gasteiger partial charge in [0.1, 0.15) is 5.75 Å². The maximum Gasteiger partial charge on any atom is 0.271 e. The number of piperazine rings is 1. The van der Waals surface area contributed by atoms with Crippen molar-refractivity contribution in [1.29, 1.82) is 0 Å². The van der Waals surface area contributed by atoms with Gasteiger partial charge in [0, 0.05) is 65.4 Å². The first-order valence-electron chi connectivity index (χ1n) is 13.0. The predicted molar refractivity (Wildman–Crippen MR) is 159 cm³/mol. The summed E-state index contributed by atoms with van der Waals surface area (Å²) in [6, 6.07) is 21.8. The van der Waals surface area contributed by atoms with E-state index in [1.165, 1.54) is 31.4 Å². The number of fused-ring (bicyclic) bond motifs is 1. The number of nitrogens with zero attached hydrogens (tertiary/aromatic N) is 4. The molecule has 0 spiro atoms. The van der Waals surface area contributed by atoms with E-state index in [2.05, 4.69) is 9.88 Å². The average Bonchev–Trinajstić information content (AvgIpc) is 3.26. The van der Waals surface area contributed by atoms with E-state index in [9.17, 15) is 13.2 Å². The molecular weight excluding hydrogens is 583 g/mol. The molecule has 11 heteroatoms. The highest BCUT2D eigenvalue weighted by Crippen LogP contribution is 2.53. The van der Waals surface area contributed by atoms with Crippen LogP contribution in [-0.4, -0.2) is 57.5 Å². The van der Waals surface area contributed by atoms with E-state index in [1.54, 1.807) is 36.7 Å². The molecule has 0 N–H and O–H groups in total. The first-order chi connectivity index (χ1) is 19.8. The minimum atomic E-state index is -4.32. The van der Waals surface area contributed by atoms with Crippen LogP contribution < -0.4 is 13.9 Å². The summed E-state index contributed by atoms with van der Waals surface area (Å²) in [6.07, 6.45) is 3.49. The number of methoxy groups -OCH3 is 1. The topological polar surface area (TPSA) is 83.1 Å². The fourth-order valence-corrected chi connectivity index (χ4v) is 7.59. The van der Waals surface area contributed by atoms with Crippen molar-refractivity contribution in [2.24, 2.45) is 0 Å². The van der Waals surface area contributed by atoms with Crippen molar-refractivity contribution in [3.63, 3.8) is 0 Å². The molecule has 4 aromatic rings. The minimum Gasteiger partial charge on any atom is -0.496 e. The Morgan fingerprint density at radius 3 is 2.17 bits per heavy atom. The van der Waals surface area contributed by atoms with Crippen LogP contribution in [0, 0.1) is 0 Å². The molecule has 3 heterocycles. The summed E-state index contributed by atoms with van der Waals surface area (Å²) in [7, 11) is -2.79. The normalized spacial score (nSPS) is 19.3. The highest BCUT2D eigenvalue weighted by atomic mass is 35.5. The number of carbonyl (C=O) groups is 1. The Labute approximate surface area is 248 Å². The van der Waals surface area contributed by atoms with Crippen LogP contribution in [0.3, 0.4) is 0 Å². The molecule has 41 heavy (non-hydrogen) atoms. The summed E-state index contributed by atoms with van der Waals surface area (Å²) in [5, 5.41) is 0.774. The number of pyridine rings is 1. The van der Waals surface area contributed by atoms with E-state index in [-0.39, 0.29) is 10.6 Å². The first-order valence-corrected chi connectivity index (χ1v) is 15.2. The van der Waals surface area contributed by atoms with Gasteiger partial charge in [0.05, 0.1) is 17.7 Å². The van der Waals surface area contributed by atoms with E-state index in [0.29, 0.717) is 53.1 Å². The van der Waals surface area contributed by atoms with Crippen molar-refractivity contribution in [3.8, 4) is 5.75 Å². The molecule has 0 bridgehead atoms. The van der Waals surface area contributed by atoms with Crippen molar-refractivity contribution in [2.75, 3.05) is 42.5 Å². The average molecular weight is 610 g/mol. The minimum absolute atomic E-state index is 0.0468. The molecule has 0 aliphatic carbocycles. The van der Waals surface area contributed by atoms with E-state index in [0.717, 1.165) is 9.99 Å². The third-order valence-electron chi connectivity index (χ3n) is 7.69. The van der Waals surface area contributed by atoms with Gasteiger partial charge in [-0.25, -0.2) is 12.7 Å². The van der Waals surface area contributed by atoms with Gasteiger partial charge < -0.3 is 9.64 Å². The first kappa shape index (κ1) is 27.5. The lowest BCUT2D eigenvalue weighted by Crippen LogP contribution is -2.60. The van der Waals surface area contributed by atoms with Gasteiger partial charge in [0.15, 0.2) is 5.54 Å². The van der Waals surface area contributed by atoms with Crippen molar-refractivity contribution < 1.29 is 17.9 Å². The molecule has 8 nitrogen and oxygen atoms in total. The lowest BCUT2D eigenvalue weighted by Gasteiger charge is -2.46. The van der Waals surface area contributed by atoms with Crippen molar-refractivity contribution in [3.05, 3.63) is 112 Å². The number of ether oxygens (including phenoxy) is 1. The molecule has 1 fully saturated rings. The molecule has 1 unspecified atom stereocenters. The summed E-state index contributed by atoms with van der Waals surface area (Å²) in [6.45, 7) is 2.14. The molecule has 210 valence electrons. The Hall–Kier alpha value is -3.63. The van der Waals surface area contributed by atoms with Crippen LogP contribution in [0.2, 0.25) is 10.0 Å². The van der Waals surface area contributed by atoms with E-state index in [4.69, 9.17) is 27.9 Å².